The maximum absolute atomic E-state index is 12.7. The summed E-state index contributed by atoms with van der Waals surface area (Å²) in [6.45, 7) is 6.12. The third-order valence-corrected chi connectivity index (χ3v) is 4.59. The Kier molecular flexibility index (Phi) is 4.75. The van der Waals surface area contributed by atoms with Crippen molar-refractivity contribution in [1.29, 1.82) is 0 Å². The number of carbonyl (C=O) groups excluding carboxylic acids is 1. The Morgan fingerprint density at radius 1 is 1.00 bits per heavy atom. The lowest BCUT2D eigenvalue weighted by Gasteiger charge is -2.36. The summed E-state index contributed by atoms with van der Waals surface area (Å²) in [5.41, 5.74) is 2.00. The highest BCUT2D eigenvalue weighted by molar-refractivity contribution is 5.98. The highest BCUT2D eigenvalue weighted by Gasteiger charge is 2.25. The average Bonchev–Trinajstić information content (AvgIpc) is 2.63. The van der Waals surface area contributed by atoms with Crippen LogP contribution in [0, 0.1) is 13.8 Å². The molecular weight excluding hydrogens is 336 g/mol. The lowest BCUT2D eigenvalue weighted by molar-refractivity contribution is 0.0696. The number of nitrogens with zero attached hydrogens (tertiary/aromatic N) is 4. The van der Waals surface area contributed by atoms with Crippen LogP contribution in [0.4, 0.5) is 5.82 Å². The number of aromatic nitrogens is 2. The predicted octanol–water partition coefficient (Wildman–Crippen LogP) is 1.46. The molecule has 0 bridgehead atoms. The lowest BCUT2D eigenvalue weighted by Crippen LogP contribution is -2.49. The Morgan fingerprint density at radius 2 is 1.65 bits per heavy atom. The van der Waals surface area contributed by atoms with E-state index >= 15 is 0 Å². The lowest BCUT2D eigenvalue weighted by atomic mass is 10.1. The number of aromatic hydroxyl groups is 1. The Labute approximate surface area is 150 Å². The molecule has 26 heavy (non-hydrogen) atoms. The van der Waals surface area contributed by atoms with Crippen molar-refractivity contribution in [3.8, 4) is 5.75 Å². The number of aryl methyl sites for hydroxylation is 1. The summed E-state index contributed by atoms with van der Waals surface area (Å²) in [5.74, 6) is -0.845. The van der Waals surface area contributed by atoms with Crippen LogP contribution in [-0.2, 0) is 0 Å². The Balaban J connectivity index is 1.73. The molecule has 136 valence electrons. The van der Waals surface area contributed by atoms with Crippen molar-refractivity contribution in [1.82, 2.24) is 14.9 Å². The van der Waals surface area contributed by atoms with Gasteiger partial charge in [-0.15, -0.1) is 0 Å². The van der Waals surface area contributed by atoms with Crippen LogP contribution in [0.1, 0.15) is 32.0 Å². The molecule has 1 fully saturated rings. The van der Waals surface area contributed by atoms with Crippen molar-refractivity contribution in [2.45, 2.75) is 13.8 Å². The van der Waals surface area contributed by atoms with E-state index in [9.17, 15) is 14.7 Å². The summed E-state index contributed by atoms with van der Waals surface area (Å²) >= 11 is 0. The maximum atomic E-state index is 12.7. The van der Waals surface area contributed by atoms with E-state index in [-0.39, 0.29) is 22.8 Å². The van der Waals surface area contributed by atoms with Crippen molar-refractivity contribution in [3.05, 3.63) is 46.9 Å². The third kappa shape index (κ3) is 3.44. The number of carboxylic acids is 1. The van der Waals surface area contributed by atoms with Crippen LogP contribution in [0.3, 0.4) is 0 Å². The van der Waals surface area contributed by atoms with Gasteiger partial charge in [0.15, 0.2) is 0 Å². The van der Waals surface area contributed by atoms with Gasteiger partial charge in [0.05, 0.1) is 5.56 Å². The summed E-state index contributed by atoms with van der Waals surface area (Å²) < 4.78 is 0. The van der Waals surface area contributed by atoms with Gasteiger partial charge in [0.2, 0.25) is 0 Å². The number of phenols is 1. The van der Waals surface area contributed by atoms with Gasteiger partial charge in [-0.2, -0.15) is 0 Å². The Bertz CT molecular complexity index is 860. The smallest absolute Gasteiger partial charge is 0.335 e. The molecule has 1 amide bonds. The number of amides is 1. The largest absolute Gasteiger partial charge is 0.508 e. The van der Waals surface area contributed by atoms with Crippen LogP contribution in [-0.4, -0.2) is 63.1 Å². The molecular formula is C18H20N4O4. The topological polar surface area (TPSA) is 107 Å². The summed E-state index contributed by atoms with van der Waals surface area (Å²) in [6, 6.07) is 3.70. The van der Waals surface area contributed by atoms with E-state index in [4.69, 9.17) is 5.11 Å². The first-order chi connectivity index (χ1) is 12.4. The molecule has 3 rings (SSSR count). The van der Waals surface area contributed by atoms with Crippen molar-refractivity contribution < 1.29 is 19.8 Å². The fraction of sp³-hybridized carbons (Fsp3) is 0.333. The van der Waals surface area contributed by atoms with Crippen LogP contribution in [0.5, 0.6) is 5.75 Å². The molecule has 0 unspecified atom stereocenters. The summed E-state index contributed by atoms with van der Waals surface area (Å²) in [4.78, 5) is 36.1. The maximum Gasteiger partial charge on any atom is 0.335 e. The van der Waals surface area contributed by atoms with Crippen molar-refractivity contribution >= 4 is 17.7 Å². The SMILES string of the molecule is Cc1ncnc(N2CCN(C(=O)c3cc(O)cc(C(=O)O)c3)CC2)c1C. The summed E-state index contributed by atoms with van der Waals surface area (Å²) in [6.07, 6.45) is 1.54. The fourth-order valence-corrected chi connectivity index (χ4v) is 3.01. The minimum absolute atomic E-state index is 0.112. The first kappa shape index (κ1) is 17.7. The third-order valence-electron chi connectivity index (χ3n) is 4.59. The van der Waals surface area contributed by atoms with E-state index in [1.807, 2.05) is 13.8 Å². The number of hydrogen-bond donors (Lipinski definition) is 2. The molecule has 1 aliphatic rings. The van der Waals surface area contributed by atoms with Crippen molar-refractivity contribution in [2.24, 2.45) is 0 Å². The fourth-order valence-electron chi connectivity index (χ4n) is 3.01. The van der Waals surface area contributed by atoms with Gasteiger partial charge in [-0.05, 0) is 32.0 Å². The number of carboxylic acid groups (broad SMARTS) is 1. The molecule has 0 radical (unpaired) electrons. The van der Waals surface area contributed by atoms with Crippen LogP contribution in [0.25, 0.3) is 0 Å². The Hall–Kier alpha value is -3.16. The highest BCUT2D eigenvalue weighted by Crippen LogP contribution is 2.22. The van der Waals surface area contributed by atoms with Crippen LogP contribution < -0.4 is 4.90 Å². The van der Waals surface area contributed by atoms with Gasteiger partial charge in [0.1, 0.15) is 17.9 Å². The molecule has 2 heterocycles. The second-order valence-corrected chi connectivity index (χ2v) is 6.26. The molecule has 1 aromatic carbocycles. The number of rotatable bonds is 3. The number of phenolic OH excluding ortho intramolecular Hbond substituents is 1. The minimum Gasteiger partial charge on any atom is -0.508 e. The molecule has 0 spiro atoms. The second-order valence-electron chi connectivity index (χ2n) is 6.26. The van der Waals surface area contributed by atoms with Gasteiger partial charge in [-0.3, -0.25) is 4.79 Å². The van der Waals surface area contributed by atoms with Crippen molar-refractivity contribution in [3.63, 3.8) is 0 Å². The zero-order chi connectivity index (χ0) is 18.8. The number of piperazine rings is 1. The molecule has 8 heteroatoms. The zero-order valence-electron chi connectivity index (χ0n) is 14.6. The summed E-state index contributed by atoms with van der Waals surface area (Å²) in [7, 11) is 0. The molecule has 8 nitrogen and oxygen atoms in total. The van der Waals surface area contributed by atoms with Gasteiger partial charge < -0.3 is 20.0 Å². The number of carbonyl (C=O) groups is 2. The van der Waals surface area contributed by atoms with E-state index in [0.29, 0.717) is 26.2 Å². The summed E-state index contributed by atoms with van der Waals surface area (Å²) in [5, 5.41) is 18.8. The van der Waals surface area contributed by atoms with Gasteiger partial charge in [-0.1, -0.05) is 0 Å². The van der Waals surface area contributed by atoms with Gasteiger partial charge in [0, 0.05) is 43.0 Å². The van der Waals surface area contributed by atoms with Gasteiger partial charge in [-0.25, -0.2) is 14.8 Å². The molecule has 2 N–H and O–H groups in total. The number of benzene rings is 1. The number of anilines is 1. The first-order valence-corrected chi connectivity index (χ1v) is 8.26. The first-order valence-electron chi connectivity index (χ1n) is 8.26. The second kappa shape index (κ2) is 6.99. The number of aromatic carboxylic acids is 1. The van der Waals surface area contributed by atoms with E-state index in [2.05, 4.69) is 14.9 Å². The van der Waals surface area contributed by atoms with Crippen LogP contribution in [0.15, 0.2) is 24.5 Å². The van der Waals surface area contributed by atoms with Crippen LogP contribution >= 0.6 is 0 Å². The Morgan fingerprint density at radius 3 is 2.31 bits per heavy atom. The average molecular weight is 356 g/mol. The normalized spacial score (nSPS) is 14.4. The van der Waals surface area contributed by atoms with E-state index in [0.717, 1.165) is 23.1 Å². The molecule has 1 aliphatic heterocycles. The molecule has 1 aromatic heterocycles. The predicted molar refractivity (Wildman–Crippen MR) is 94.7 cm³/mol. The molecule has 0 atom stereocenters. The minimum atomic E-state index is -1.19. The van der Waals surface area contributed by atoms with Crippen molar-refractivity contribution in [2.75, 3.05) is 31.1 Å². The van der Waals surface area contributed by atoms with Gasteiger partial charge >= 0.3 is 5.97 Å². The standard InChI is InChI=1S/C18H20N4O4/c1-11-12(2)19-10-20-16(11)21-3-5-22(6-4-21)17(24)13-7-14(18(25)26)9-15(23)8-13/h7-10,23H,3-6H2,1-2H3,(H,25,26). The molecule has 1 saturated heterocycles. The number of hydrogen-bond acceptors (Lipinski definition) is 6. The van der Waals surface area contributed by atoms with Crippen LogP contribution in [0.2, 0.25) is 0 Å². The van der Waals surface area contributed by atoms with E-state index < -0.39 is 5.97 Å². The monoisotopic (exact) mass is 356 g/mol. The molecule has 0 aliphatic carbocycles. The van der Waals surface area contributed by atoms with E-state index in [1.54, 1.807) is 4.90 Å². The molecule has 2 aromatic rings. The quantitative estimate of drug-likeness (QED) is 0.857. The van der Waals surface area contributed by atoms with Gasteiger partial charge in [0.25, 0.3) is 5.91 Å². The van der Waals surface area contributed by atoms with E-state index in [1.165, 1.54) is 18.5 Å². The zero-order valence-corrected chi connectivity index (χ0v) is 14.6. The highest BCUT2D eigenvalue weighted by atomic mass is 16.4. The molecule has 0 saturated carbocycles.